The molecule has 2 N–H and O–H groups in total. The van der Waals surface area contributed by atoms with Crippen LogP contribution >= 0.6 is 0 Å². The predicted octanol–water partition coefficient (Wildman–Crippen LogP) is 3.30. The fraction of sp³-hybridized carbons (Fsp3) is 0.500. The van der Waals surface area contributed by atoms with Gasteiger partial charge in [0.1, 0.15) is 0 Å². The van der Waals surface area contributed by atoms with Gasteiger partial charge in [-0.15, -0.1) is 0 Å². The first-order valence-electron chi connectivity index (χ1n) is 5.94. The van der Waals surface area contributed by atoms with Gasteiger partial charge < -0.3 is 10.4 Å². The van der Waals surface area contributed by atoms with Gasteiger partial charge >= 0.3 is 6.09 Å². The summed E-state index contributed by atoms with van der Waals surface area (Å²) < 4.78 is 0. The van der Waals surface area contributed by atoms with E-state index < -0.39 is 6.09 Å². The van der Waals surface area contributed by atoms with Gasteiger partial charge in [0.25, 0.3) is 0 Å². The second kappa shape index (κ2) is 5.71. The van der Waals surface area contributed by atoms with Crippen molar-refractivity contribution in [2.75, 3.05) is 0 Å². The Balaban J connectivity index is 2.49. The van der Waals surface area contributed by atoms with Crippen LogP contribution in [0.15, 0.2) is 30.3 Å². The van der Waals surface area contributed by atoms with Crippen molar-refractivity contribution in [3.63, 3.8) is 0 Å². The Bertz CT molecular complexity index is 360. The summed E-state index contributed by atoms with van der Waals surface area (Å²) in [6.07, 6.45) is 0.849. The zero-order valence-corrected chi connectivity index (χ0v) is 10.7. The Kier molecular flexibility index (Phi) is 4.55. The first-order valence-corrected chi connectivity index (χ1v) is 5.94. The number of carboxylic acid groups (broad SMARTS) is 1. The average Bonchev–Trinajstić information content (AvgIpc) is 2.15. The van der Waals surface area contributed by atoms with Crippen LogP contribution in [0.5, 0.6) is 0 Å². The number of hydrogen-bond donors (Lipinski definition) is 2. The van der Waals surface area contributed by atoms with E-state index in [1.54, 1.807) is 0 Å². The van der Waals surface area contributed by atoms with E-state index in [2.05, 4.69) is 24.4 Å². The lowest BCUT2D eigenvalue weighted by atomic mass is 9.88. The van der Waals surface area contributed by atoms with Crippen molar-refractivity contribution in [2.24, 2.45) is 5.92 Å². The monoisotopic (exact) mass is 235 g/mol. The summed E-state index contributed by atoms with van der Waals surface area (Å²) >= 11 is 0. The molecule has 0 saturated heterocycles. The number of hydrogen-bond acceptors (Lipinski definition) is 1. The highest BCUT2D eigenvalue weighted by molar-refractivity contribution is 5.65. The lowest BCUT2D eigenvalue weighted by Gasteiger charge is -2.28. The zero-order valence-electron chi connectivity index (χ0n) is 10.7. The topological polar surface area (TPSA) is 49.3 Å². The molecule has 0 aliphatic heterocycles. The molecule has 0 saturated carbocycles. The fourth-order valence-electron chi connectivity index (χ4n) is 2.30. The van der Waals surface area contributed by atoms with Gasteiger partial charge in [0, 0.05) is 5.54 Å². The van der Waals surface area contributed by atoms with Crippen molar-refractivity contribution < 1.29 is 9.90 Å². The molecule has 1 aromatic carbocycles. The molecule has 0 fully saturated rings. The third-order valence-electron chi connectivity index (χ3n) is 2.73. The Morgan fingerprint density at radius 2 is 1.94 bits per heavy atom. The highest BCUT2D eigenvalue weighted by Gasteiger charge is 2.22. The molecule has 0 aliphatic rings. The highest BCUT2D eigenvalue weighted by atomic mass is 16.4. The van der Waals surface area contributed by atoms with Crippen LogP contribution in [0, 0.1) is 5.92 Å². The van der Waals surface area contributed by atoms with E-state index in [-0.39, 0.29) is 5.54 Å². The molecule has 0 aliphatic carbocycles. The number of rotatable bonds is 5. The van der Waals surface area contributed by atoms with E-state index in [4.69, 9.17) is 5.11 Å². The van der Waals surface area contributed by atoms with Crippen LogP contribution in [0.2, 0.25) is 0 Å². The molecule has 0 heterocycles. The van der Waals surface area contributed by atoms with Crippen molar-refractivity contribution >= 4 is 6.09 Å². The lowest BCUT2D eigenvalue weighted by molar-refractivity contribution is 0.177. The molecule has 1 amide bonds. The van der Waals surface area contributed by atoms with Gasteiger partial charge in [-0.05, 0) is 38.2 Å². The van der Waals surface area contributed by atoms with E-state index in [9.17, 15) is 4.79 Å². The third-order valence-corrected chi connectivity index (χ3v) is 2.73. The van der Waals surface area contributed by atoms with Crippen LogP contribution in [-0.2, 0) is 6.42 Å². The van der Waals surface area contributed by atoms with Crippen LogP contribution < -0.4 is 5.32 Å². The lowest BCUT2D eigenvalue weighted by Crippen LogP contribution is -2.43. The standard InChI is InChI=1S/C14H21NO2/c1-11(9-12-7-5-4-6-8-12)10-14(2,3)15-13(16)17/h4-8,11,15H,9-10H2,1-3H3,(H,16,17)/t11-/m1/s1. The Hall–Kier alpha value is -1.51. The average molecular weight is 235 g/mol. The van der Waals surface area contributed by atoms with Crippen molar-refractivity contribution in [3.8, 4) is 0 Å². The predicted molar refractivity (Wildman–Crippen MR) is 69.2 cm³/mol. The van der Waals surface area contributed by atoms with Gasteiger partial charge in [-0.3, -0.25) is 0 Å². The van der Waals surface area contributed by atoms with Gasteiger partial charge in [0.2, 0.25) is 0 Å². The van der Waals surface area contributed by atoms with Crippen LogP contribution in [0.25, 0.3) is 0 Å². The van der Waals surface area contributed by atoms with Gasteiger partial charge in [0.05, 0.1) is 0 Å². The van der Waals surface area contributed by atoms with E-state index >= 15 is 0 Å². The quantitative estimate of drug-likeness (QED) is 0.822. The second-order valence-corrected chi connectivity index (χ2v) is 5.31. The largest absolute Gasteiger partial charge is 0.465 e. The summed E-state index contributed by atoms with van der Waals surface area (Å²) in [5.74, 6) is 0.444. The van der Waals surface area contributed by atoms with Crippen LogP contribution in [0.3, 0.4) is 0 Å². The van der Waals surface area contributed by atoms with E-state index in [1.165, 1.54) is 5.56 Å². The van der Waals surface area contributed by atoms with Gasteiger partial charge in [-0.1, -0.05) is 37.3 Å². The summed E-state index contributed by atoms with van der Waals surface area (Å²) in [5.41, 5.74) is 0.922. The number of nitrogens with one attached hydrogen (secondary N) is 1. The third kappa shape index (κ3) is 5.38. The molecule has 0 unspecified atom stereocenters. The Morgan fingerprint density at radius 1 is 1.35 bits per heavy atom. The molecule has 0 spiro atoms. The first-order chi connectivity index (χ1) is 7.89. The minimum atomic E-state index is -0.957. The van der Waals surface area contributed by atoms with E-state index in [1.807, 2.05) is 32.0 Å². The first kappa shape index (κ1) is 13.6. The summed E-state index contributed by atoms with van der Waals surface area (Å²) in [6, 6.07) is 10.3. The molecule has 0 radical (unpaired) electrons. The van der Waals surface area contributed by atoms with Crippen LogP contribution in [0.4, 0.5) is 4.79 Å². The molecule has 0 aromatic heterocycles. The second-order valence-electron chi connectivity index (χ2n) is 5.31. The Morgan fingerprint density at radius 3 is 2.47 bits per heavy atom. The van der Waals surface area contributed by atoms with Crippen LogP contribution in [-0.4, -0.2) is 16.7 Å². The maximum absolute atomic E-state index is 10.6. The molecule has 3 nitrogen and oxygen atoms in total. The molecule has 3 heteroatoms. The normalized spacial score (nSPS) is 13.1. The smallest absolute Gasteiger partial charge is 0.405 e. The van der Waals surface area contributed by atoms with Crippen molar-refractivity contribution in [3.05, 3.63) is 35.9 Å². The summed E-state index contributed by atoms with van der Waals surface area (Å²) in [5, 5.41) is 11.3. The van der Waals surface area contributed by atoms with E-state index in [0.29, 0.717) is 5.92 Å². The molecule has 0 bridgehead atoms. The minimum absolute atomic E-state index is 0.375. The number of benzene rings is 1. The SMILES string of the molecule is C[C@H](Cc1ccccc1)CC(C)(C)NC(=O)O. The maximum Gasteiger partial charge on any atom is 0.405 e. The van der Waals surface area contributed by atoms with Crippen molar-refractivity contribution in [1.29, 1.82) is 0 Å². The van der Waals surface area contributed by atoms with E-state index in [0.717, 1.165) is 12.8 Å². The molecule has 1 aromatic rings. The van der Waals surface area contributed by atoms with Gasteiger partial charge in [-0.2, -0.15) is 0 Å². The highest BCUT2D eigenvalue weighted by Crippen LogP contribution is 2.19. The molecule has 1 rings (SSSR count). The number of carbonyl (C=O) groups is 1. The molecular weight excluding hydrogens is 214 g/mol. The zero-order chi connectivity index (χ0) is 12.9. The maximum atomic E-state index is 10.6. The fourth-order valence-corrected chi connectivity index (χ4v) is 2.30. The molecule has 94 valence electrons. The summed E-state index contributed by atoms with van der Waals surface area (Å²) in [6.45, 7) is 5.99. The molecular formula is C14H21NO2. The summed E-state index contributed by atoms with van der Waals surface area (Å²) in [7, 11) is 0. The summed E-state index contributed by atoms with van der Waals surface area (Å²) in [4.78, 5) is 10.6. The van der Waals surface area contributed by atoms with Gasteiger partial charge in [-0.25, -0.2) is 4.79 Å². The molecule has 1 atom stereocenters. The van der Waals surface area contributed by atoms with Crippen LogP contribution in [0.1, 0.15) is 32.8 Å². The van der Waals surface area contributed by atoms with Crippen molar-refractivity contribution in [2.45, 2.75) is 39.2 Å². The minimum Gasteiger partial charge on any atom is -0.465 e. The Labute approximate surface area is 103 Å². The number of amides is 1. The van der Waals surface area contributed by atoms with Gasteiger partial charge in [0.15, 0.2) is 0 Å². The van der Waals surface area contributed by atoms with Crippen molar-refractivity contribution in [1.82, 2.24) is 5.32 Å². The molecule has 17 heavy (non-hydrogen) atoms.